The van der Waals surface area contributed by atoms with Crippen molar-refractivity contribution in [2.45, 2.75) is 78.3 Å². The van der Waals surface area contributed by atoms with Crippen LogP contribution in [0.5, 0.6) is 0 Å². The van der Waals surface area contributed by atoms with Crippen LogP contribution in [0.3, 0.4) is 0 Å². The van der Waals surface area contributed by atoms with Crippen LogP contribution < -0.4 is 0 Å². The van der Waals surface area contributed by atoms with E-state index in [2.05, 4.69) is 25.7 Å². The zero-order valence-electron chi connectivity index (χ0n) is 12.1. The molecule has 0 aromatic rings. The summed E-state index contributed by atoms with van der Waals surface area (Å²) in [5, 5.41) is 9.56. The van der Waals surface area contributed by atoms with Crippen molar-refractivity contribution in [1.29, 1.82) is 0 Å². The largest absolute Gasteiger partial charge is 0.480 e. The third-order valence-electron chi connectivity index (χ3n) is 3.74. The fourth-order valence-electron chi connectivity index (χ4n) is 2.58. The van der Waals surface area contributed by atoms with Crippen molar-refractivity contribution < 1.29 is 9.90 Å². The Labute approximate surface area is 106 Å². The molecule has 0 aliphatic heterocycles. The molecule has 0 unspecified atom stereocenters. The lowest BCUT2D eigenvalue weighted by Crippen LogP contribution is -2.57. The molecule has 0 aliphatic carbocycles. The summed E-state index contributed by atoms with van der Waals surface area (Å²) in [5.41, 5.74) is -0.679. The fourth-order valence-corrected chi connectivity index (χ4v) is 2.58. The highest BCUT2D eigenvalue weighted by Crippen LogP contribution is 2.27. The van der Waals surface area contributed by atoms with Crippen LogP contribution in [0.2, 0.25) is 0 Å². The number of carbonyl (C=O) groups is 1. The Kier molecular flexibility index (Phi) is 7.44. The minimum absolute atomic E-state index is 0.280. The molecular weight excluding hydrogens is 214 g/mol. The molecule has 3 nitrogen and oxygen atoms in total. The maximum Gasteiger partial charge on any atom is 0.324 e. The zero-order chi connectivity index (χ0) is 13.5. The van der Waals surface area contributed by atoms with Gasteiger partial charge in [0.05, 0.1) is 0 Å². The minimum atomic E-state index is -0.679. The van der Waals surface area contributed by atoms with E-state index in [1.165, 1.54) is 12.8 Å². The summed E-state index contributed by atoms with van der Waals surface area (Å²) in [6.07, 6.45) is 4.77. The summed E-state index contributed by atoms with van der Waals surface area (Å²) < 4.78 is 0. The molecule has 0 spiro atoms. The molecule has 0 rings (SSSR count). The average molecular weight is 243 g/mol. The summed E-state index contributed by atoms with van der Waals surface area (Å²) in [6.45, 7) is 11.2. The van der Waals surface area contributed by atoms with E-state index in [1.54, 1.807) is 0 Å². The van der Waals surface area contributed by atoms with Crippen LogP contribution in [0.4, 0.5) is 0 Å². The second-order valence-electron chi connectivity index (χ2n) is 5.04. The van der Waals surface area contributed by atoms with E-state index in [4.69, 9.17) is 0 Å². The van der Waals surface area contributed by atoms with E-state index in [1.807, 2.05) is 13.8 Å². The highest BCUT2D eigenvalue weighted by molar-refractivity contribution is 5.78. The molecule has 0 amide bonds. The van der Waals surface area contributed by atoms with Crippen molar-refractivity contribution in [1.82, 2.24) is 4.90 Å². The summed E-state index contributed by atoms with van der Waals surface area (Å²) in [7, 11) is 0. The predicted molar refractivity (Wildman–Crippen MR) is 72.3 cm³/mol. The van der Waals surface area contributed by atoms with Gasteiger partial charge >= 0.3 is 5.97 Å². The molecule has 17 heavy (non-hydrogen) atoms. The first-order valence-corrected chi connectivity index (χ1v) is 6.96. The lowest BCUT2D eigenvalue weighted by atomic mass is 9.89. The number of aliphatic carboxylic acids is 1. The molecule has 0 heterocycles. The van der Waals surface area contributed by atoms with Crippen LogP contribution in [0.15, 0.2) is 0 Å². The molecule has 0 atom stereocenters. The van der Waals surface area contributed by atoms with Gasteiger partial charge in [0.25, 0.3) is 0 Å². The van der Waals surface area contributed by atoms with Crippen LogP contribution >= 0.6 is 0 Å². The van der Waals surface area contributed by atoms with Gasteiger partial charge in [-0.2, -0.15) is 0 Å². The molecule has 0 saturated carbocycles. The maximum absolute atomic E-state index is 11.6. The molecule has 0 aromatic carbocycles. The molecule has 0 aliphatic rings. The first-order chi connectivity index (χ1) is 7.96. The lowest BCUT2D eigenvalue weighted by Gasteiger charge is -2.42. The third-order valence-corrected chi connectivity index (χ3v) is 3.74. The van der Waals surface area contributed by atoms with Crippen molar-refractivity contribution >= 4 is 5.97 Å². The van der Waals surface area contributed by atoms with E-state index in [0.717, 1.165) is 13.0 Å². The molecule has 0 radical (unpaired) electrons. The number of nitrogens with zero attached hydrogens (tertiary/aromatic N) is 1. The second kappa shape index (κ2) is 7.70. The van der Waals surface area contributed by atoms with Crippen LogP contribution in [0, 0.1) is 0 Å². The Morgan fingerprint density at radius 2 is 1.71 bits per heavy atom. The minimum Gasteiger partial charge on any atom is -0.480 e. The number of hydrogen-bond donors (Lipinski definition) is 1. The molecule has 0 saturated heterocycles. The van der Waals surface area contributed by atoms with E-state index in [9.17, 15) is 9.90 Å². The van der Waals surface area contributed by atoms with Gasteiger partial charge in [0.1, 0.15) is 5.54 Å². The second-order valence-corrected chi connectivity index (χ2v) is 5.04. The summed E-state index contributed by atoms with van der Waals surface area (Å²) in [5.74, 6) is -0.673. The molecule has 3 heteroatoms. The number of unbranched alkanes of at least 4 members (excludes halogenated alkanes) is 2. The van der Waals surface area contributed by atoms with Gasteiger partial charge in [0.2, 0.25) is 0 Å². The monoisotopic (exact) mass is 243 g/mol. The number of carboxylic acids is 1. The van der Waals surface area contributed by atoms with Crippen molar-refractivity contribution in [2.24, 2.45) is 0 Å². The van der Waals surface area contributed by atoms with Gasteiger partial charge in [-0.3, -0.25) is 9.69 Å². The number of carboxylic acid groups (broad SMARTS) is 1. The quantitative estimate of drug-likeness (QED) is 0.630. The highest BCUT2D eigenvalue weighted by Gasteiger charge is 2.41. The van der Waals surface area contributed by atoms with Gasteiger partial charge in [-0.25, -0.2) is 0 Å². The maximum atomic E-state index is 11.6. The molecular formula is C14H29NO2. The normalized spacial score (nSPS) is 12.4. The van der Waals surface area contributed by atoms with Gasteiger partial charge in [0, 0.05) is 6.04 Å². The SMILES string of the molecule is CCCCCN(C(C)C)C(CC)(CC)C(=O)O. The van der Waals surface area contributed by atoms with E-state index in [0.29, 0.717) is 12.8 Å². The summed E-state index contributed by atoms with van der Waals surface area (Å²) >= 11 is 0. The van der Waals surface area contributed by atoms with Gasteiger partial charge in [-0.05, 0) is 39.7 Å². The van der Waals surface area contributed by atoms with Crippen LogP contribution in [0.25, 0.3) is 0 Å². The highest BCUT2D eigenvalue weighted by atomic mass is 16.4. The Morgan fingerprint density at radius 3 is 2.00 bits per heavy atom. The standard InChI is InChI=1S/C14H29NO2/c1-6-9-10-11-15(12(4)5)14(7-2,8-3)13(16)17/h12H,6-11H2,1-5H3,(H,16,17). The van der Waals surface area contributed by atoms with E-state index < -0.39 is 11.5 Å². The average Bonchev–Trinajstić information content (AvgIpc) is 2.28. The number of rotatable bonds is 9. The summed E-state index contributed by atoms with van der Waals surface area (Å²) in [6, 6.07) is 0.280. The van der Waals surface area contributed by atoms with Crippen LogP contribution in [0.1, 0.15) is 66.7 Å². The smallest absolute Gasteiger partial charge is 0.324 e. The Morgan fingerprint density at radius 1 is 1.18 bits per heavy atom. The molecule has 102 valence electrons. The van der Waals surface area contributed by atoms with Gasteiger partial charge in [-0.15, -0.1) is 0 Å². The van der Waals surface area contributed by atoms with Crippen LogP contribution in [-0.4, -0.2) is 34.1 Å². The predicted octanol–water partition coefficient (Wildman–Crippen LogP) is 3.53. The zero-order valence-corrected chi connectivity index (χ0v) is 12.1. The molecule has 0 fully saturated rings. The third kappa shape index (κ3) is 3.98. The first kappa shape index (κ1) is 16.4. The number of hydrogen-bond acceptors (Lipinski definition) is 2. The van der Waals surface area contributed by atoms with Gasteiger partial charge in [-0.1, -0.05) is 33.6 Å². The first-order valence-electron chi connectivity index (χ1n) is 6.96. The molecule has 0 aromatic heterocycles. The Hall–Kier alpha value is -0.570. The molecule has 1 N–H and O–H groups in total. The van der Waals surface area contributed by atoms with Crippen molar-refractivity contribution in [2.75, 3.05) is 6.54 Å². The van der Waals surface area contributed by atoms with Crippen molar-refractivity contribution in [3.8, 4) is 0 Å². The fraction of sp³-hybridized carbons (Fsp3) is 0.929. The van der Waals surface area contributed by atoms with Gasteiger partial charge in [0.15, 0.2) is 0 Å². The topological polar surface area (TPSA) is 40.5 Å². The Bertz CT molecular complexity index is 222. The van der Waals surface area contributed by atoms with Gasteiger partial charge < -0.3 is 5.11 Å². The Balaban J connectivity index is 4.90. The van der Waals surface area contributed by atoms with Crippen LogP contribution in [-0.2, 0) is 4.79 Å². The lowest BCUT2D eigenvalue weighted by molar-refractivity contribution is -0.154. The van der Waals surface area contributed by atoms with E-state index >= 15 is 0 Å². The van der Waals surface area contributed by atoms with Crippen molar-refractivity contribution in [3.63, 3.8) is 0 Å². The van der Waals surface area contributed by atoms with E-state index in [-0.39, 0.29) is 6.04 Å². The summed E-state index contributed by atoms with van der Waals surface area (Å²) in [4.78, 5) is 13.8. The molecule has 0 bridgehead atoms. The van der Waals surface area contributed by atoms with Crippen molar-refractivity contribution in [3.05, 3.63) is 0 Å².